The lowest BCUT2D eigenvalue weighted by Crippen LogP contribution is -2.20. The molecule has 0 atom stereocenters. The van der Waals surface area contributed by atoms with Crippen LogP contribution in [0.4, 0.5) is 0 Å². The van der Waals surface area contributed by atoms with E-state index in [4.69, 9.17) is 16.7 Å². The van der Waals surface area contributed by atoms with Gasteiger partial charge in [0.15, 0.2) is 5.69 Å². The third-order valence-electron chi connectivity index (χ3n) is 1.95. The van der Waals surface area contributed by atoms with E-state index in [-0.39, 0.29) is 16.4 Å². The van der Waals surface area contributed by atoms with Crippen LogP contribution in [0.25, 0.3) is 0 Å². The molecule has 0 aliphatic rings. The third kappa shape index (κ3) is 1.75. The van der Waals surface area contributed by atoms with Gasteiger partial charge in [-0.25, -0.2) is 9.78 Å². The molecule has 0 radical (unpaired) electrons. The lowest BCUT2D eigenvalue weighted by Gasteiger charge is -2.19. The van der Waals surface area contributed by atoms with Crippen molar-refractivity contribution in [3.05, 3.63) is 16.7 Å². The van der Waals surface area contributed by atoms with Crippen LogP contribution in [-0.4, -0.2) is 20.6 Å². The molecule has 0 saturated heterocycles. The molecule has 0 fully saturated rings. The van der Waals surface area contributed by atoms with Gasteiger partial charge in [0.05, 0.1) is 5.69 Å². The number of carboxylic acid groups (broad SMARTS) is 1. The number of imidazole rings is 1. The van der Waals surface area contributed by atoms with Gasteiger partial charge in [0.1, 0.15) is 0 Å². The zero-order chi connectivity index (χ0) is 11.1. The minimum Gasteiger partial charge on any atom is -0.476 e. The Kier molecular flexibility index (Phi) is 2.58. The molecule has 4 nitrogen and oxygen atoms in total. The van der Waals surface area contributed by atoms with E-state index >= 15 is 0 Å². The standard InChI is InChI=1S/C9H13ClN2O2/c1-9(2,3)6-5(7(13)14)11-8(10)12(6)4/h1-4H3,(H,13,14). The molecular weight excluding hydrogens is 204 g/mol. The number of aromatic nitrogens is 2. The molecular formula is C9H13ClN2O2. The Bertz CT molecular complexity index is 377. The highest BCUT2D eigenvalue weighted by molar-refractivity contribution is 6.28. The average molecular weight is 217 g/mol. The number of hydrogen-bond acceptors (Lipinski definition) is 2. The van der Waals surface area contributed by atoms with Crippen molar-refractivity contribution in [3.63, 3.8) is 0 Å². The van der Waals surface area contributed by atoms with Gasteiger partial charge in [0, 0.05) is 12.5 Å². The summed E-state index contributed by atoms with van der Waals surface area (Å²) in [4.78, 5) is 14.7. The lowest BCUT2D eigenvalue weighted by molar-refractivity contribution is 0.0688. The predicted octanol–water partition coefficient (Wildman–Crippen LogP) is 2.07. The molecule has 1 rings (SSSR count). The summed E-state index contributed by atoms with van der Waals surface area (Å²) in [5, 5.41) is 9.13. The van der Waals surface area contributed by atoms with E-state index in [1.807, 2.05) is 20.8 Å². The first kappa shape index (κ1) is 11.0. The summed E-state index contributed by atoms with van der Waals surface area (Å²) in [5.41, 5.74) is 0.378. The molecule has 0 aliphatic heterocycles. The molecule has 0 aromatic carbocycles. The summed E-state index contributed by atoms with van der Waals surface area (Å²) in [6.07, 6.45) is 0. The topological polar surface area (TPSA) is 55.1 Å². The number of carboxylic acids is 1. The highest BCUT2D eigenvalue weighted by Gasteiger charge is 2.28. The maximum absolute atomic E-state index is 10.9. The van der Waals surface area contributed by atoms with Gasteiger partial charge in [0.2, 0.25) is 5.28 Å². The minimum absolute atomic E-state index is 0.0324. The second-order valence-electron chi connectivity index (χ2n) is 4.19. The minimum atomic E-state index is -1.04. The number of nitrogens with zero attached hydrogens (tertiary/aromatic N) is 2. The van der Waals surface area contributed by atoms with Crippen molar-refractivity contribution < 1.29 is 9.90 Å². The van der Waals surface area contributed by atoms with E-state index in [0.29, 0.717) is 5.69 Å². The second-order valence-corrected chi connectivity index (χ2v) is 4.53. The van der Waals surface area contributed by atoms with Gasteiger partial charge in [-0.3, -0.25) is 0 Å². The van der Waals surface area contributed by atoms with E-state index in [1.54, 1.807) is 11.6 Å². The van der Waals surface area contributed by atoms with Crippen LogP contribution in [0.2, 0.25) is 5.28 Å². The Morgan fingerprint density at radius 3 is 2.29 bits per heavy atom. The van der Waals surface area contributed by atoms with Crippen molar-refractivity contribution in [2.24, 2.45) is 7.05 Å². The average Bonchev–Trinajstić information content (AvgIpc) is 2.27. The predicted molar refractivity (Wildman–Crippen MR) is 53.9 cm³/mol. The second kappa shape index (κ2) is 3.28. The fraction of sp³-hybridized carbons (Fsp3) is 0.556. The van der Waals surface area contributed by atoms with Gasteiger partial charge in [-0.05, 0) is 11.6 Å². The quantitative estimate of drug-likeness (QED) is 0.782. The van der Waals surface area contributed by atoms with Gasteiger partial charge >= 0.3 is 5.97 Å². The fourth-order valence-electron chi connectivity index (χ4n) is 1.48. The van der Waals surface area contributed by atoms with Crippen LogP contribution >= 0.6 is 11.6 Å². The molecule has 1 aromatic heterocycles. The number of hydrogen-bond donors (Lipinski definition) is 1. The summed E-state index contributed by atoms with van der Waals surface area (Å²) in [6, 6.07) is 0. The highest BCUT2D eigenvalue weighted by atomic mass is 35.5. The number of halogens is 1. The van der Waals surface area contributed by atoms with Crippen molar-refractivity contribution >= 4 is 17.6 Å². The first-order valence-corrected chi connectivity index (χ1v) is 4.59. The zero-order valence-electron chi connectivity index (χ0n) is 8.63. The van der Waals surface area contributed by atoms with Gasteiger partial charge in [-0.15, -0.1) is 0 Å². The molecule has 0 unspecified atom stereocenters. The normalized spacial score (nSPS) is 11.8. The molecule has 14 heavy (non-hydrogen) atoms. The van der Waals surface area contributed by atoms with E-state index in [0.717, 1.165) is 0 Å². The smallest absolute Gasteiger partial charge is 0.356 e. The molecule has 1 heterocycles. The summed E-state index contributed by atoms with van der Waals surface area (Å²) >= 11 is 5.77. The first-order valence-electron chi connectivity index (χ1n) is 4.21. The molecule has 0 bridgehead atoms. The molecule has 0 saturated carbocycles. The van der Waals surface area contributed by atoms with Crippen LogP contribution in [0.5, 0.6) is 0 Å². The molecule has 1 N–H and O–H groups in total. The van der Waals surface area contributed by atoms with Crippen molar-refractivity contribution in [1.29, 1.82) is 0 Å². The number of carbonyl (C=O) groups is 1. The highest BCUT2D eigenvalue weighted by Crippen LogP contribution is 2.27. The molecule has 0 spiro atoms. The summed E-state index contributed by atoms with van der Waals surface area (Å²) in [6.45, 7) is 5.77. The van der Waals surface area contributed by atoms with Gasteiger partial charge in [-0.1, -0.05) is 20.8 Å². The fourth-order valence-corrected chi connectivity index (χ4v) is 1.65. The molecule has 0 amide bonds. The SMILES string of the molecule is Cn1c(Cl)nc(C(=O)O)c1C(C)(C)C. The van der Waals surface area contributed by atoms with Crippen molar-refractivity contribution in [3.8, 4) is 0 Å². The van der Waals surface area contributed by atoms with Crippen LogP contribution < -0.4 is 0 Å². The molecule has 1 aromatic rings. The van der Waals surface area contributed by atoms with Crippen LogP contribution in [-0.2, 0) is 12.5 Å². The van der Waals surface area contributed by atoms with Crippen molar-refractivity contribution in [2.45, 2.75) is 26.2 Å². The summed E-state index contributed by atoms with van der Waals surface area (Å²) < 4.78 is 1.60. The molecule has 78 valence electrons. The van der Waals surface area contributed by atoms with Crippen LogP contribution in [0, 0.1) is 0 Å². The molecule has 5 heteroatoms. The monoisotopic (exact) mass is 216 g/mol. The Morgan fingerprint density at radius 2 is 2.00 bits per heavy atom. The number of aromatic carboxylic acids is 1. The Hall–Kier alpha value is -1.03. The Labute approximate surface area is 87.5 Å². The van der Waals surface area contributed by atoms with Crippen molar-refractivity contribution in [2.75, 3.05) is 0 Å². The van der Waals surface area contributed by atoms with Gasteiger partial charge in [0.25, 0.3) is 0 Å². The van der Waals surface area contributed by atoms with Crippen molar-refractivity contribution in [1.82, 2.24) is 9.55 Å². The van der Waals surface area contributed by atoms with Crippen LogP contribution in [0.3, 0.4) is 0 Å². The maximum atomic E-state index is 10.9. The first-order chi connectivity index (χ1) is 6.25. The zero-order valence-corrected chi connectivity index (χ0v) is 9.38. The molecule has 0 aliphatic carbocycles. The van der Waals surface area contributed by atoms with E-state index < -0.39 is 5.97 Å². The van der Waals surface area contributed by atoms with Crippen LogP contribution in [0.1, 0.15) is 37.0 Å². The Balaban J connectivity index is 3.46. The maximum Gasteiger partial charge on any atom is 0.356 e. The van der Waals surface area contributed by atoms with Gasteiger partial charge < -0.3 is 9.67 Å². The van der Waals surface area contributed by atoms with Crippen LogP contribution in [0.15, 0.2) is 0 Å². The van der Waals surface area contributed by atoms with E-state index in [9.17, 15) is 4.79 Å². The van der Waals surface area contributed by atoms with E-state index in [1.165, 1.54) is 0 Å². The largest absolute Gasteiger partial charge is 0.476 e. The summed E-state index contributed by atoms with van der Waals surface area (Å²) in [5.74, 6) is -1.04. The summed E-state index contributed by atoms with van der Waals surface area (Å²) in [7, 11) is 1.71. The van der Waals surface area contributed by atoms with E-state index in [2.05, 4.69) is 4.98 Å². The third-order valence-corrected chi connectivity index (χ3v) is 2.29. The van der Waals surface area contributed by atoms with Gasteiger partial charge in [-0.2, -0.15) is 0 Å². The Morgan fingerprint density at radius 1 is 1.50 bits per heavy atom. The lowest BCUT2D eigenvalue weighted by atomic mass is 9.90. The number of rotatable bonds is 1.